The normalized spacial score (nSPS) is 11.2. The summed E-state index contributed by atoms with van der Waals surface area (Å²) < 4.78 is 0. The van der Waals surface area contributed by atoms with Crippen molar-refractivity contribution in [1.82, 2.24) is 0 Å². The van der Waals surface area contributed by atoms with Gasteiger partial charge in [0, 0.05) is 23.3 Å². The molecular weight excluding hydrogens is 348 g/mol. The molecule has 0 saturated heterocycles. The van der Waals surface area contributed by atoms with Gasteiger partial charge in [-0.1, -0.05) is 56.6 Å². The van der Waals surface area contributed by atoms with Crippen LogP contribution in [0.15, 0.2) is 42.5 Å². The number of hydrogen-bond acceptors (Lipinski definition) is 2. The summed E-state index contributed by atoms with van der Waals surface area (Å²) in [5, 5.41) is 3.39. The number of para-hydroxylation sites is 1. The number of halogens is 1. The number of carbonyl (C=O) groups is 2. The molecule has 0 saturated carbocycles. The first kappa shape index (κ1) is 20.0. The molecule has 0 fully saturated rings. The van der Waals surface area contributed by atoms with Crippen molar-refractivity contribution in [3.05, 3.63) is 58.6 Å². The van der Waals surface area contributed by atoms with Crippen LogP contribution in [-0.4, -0.2) is 18.4 Å². The van der Waals surface area contributed by atoms with Gasteiger partial charge in [0.15, 0.2) is 0 Å². The van der Waals surface area contributed by atoms with Gasteiger partial charge in [-0.3, -0.25) is 9.59 Å². The van der Waals surface area contributed by atoms with Crippen LogP contribution >= 0.6 is 11.6 Å². The Labute approximate surface area is 160 Å². The summed E-state index contributed by atoms with van der Waals surface area (Å²) in [6.07, 6.45) is 0. The maximum Gasteiger partial charge on any atom is 0.244 e. The fraction of sp³-hybridized carbons (Fsp3) is 0.333. The van der Waals surface area contributed by atoms with E-state index < -0.39 is 0 Å². The molecule has 2 amide bonds. The van der Waals surface area contributed by atoms with Gasteiger partial charge in [-0.05, 0) is 41.7 Å². The molecule has 0 bridgehead atoms. The Balaban J connectivity index is 2.25. The lowest BCUT2D eigenvalue weighted by Crippen LogP contribution is -2.38. The lowest BCUT2D eigenvalue weighted by atomic mass is 9.85. The summed E-state index contributed by atoms with van der Waals surface area (Å²) in [5.41, 5.74) is 3.17. The van der Waals surface area contributed by atoms with Crippen LogP contribution in [0.4, 0.5) is 11.4 Å². The molecule has 0 aliphatic carbocycles. The van der Waals surface area contributed by atoms with Gasteiger partial charge in [0.05, 0.1) is 0 Å². The van der Waals surface area contributed by atoms with Crippen molar-refractivity contribution in [3.63, 3.8) is 0 Å². The first-order chi connectivity index (χ1) is 12.1. The topological polar surface area (TPSA) is 49.4 Å². The van der Waals surface area contributed by atoms with Crippen molar-refractivity contribution in [1.29, 1.82) is 0 Å². The van der Waals surface area contributed by atoms with E-state index >= 15 is 0 Å². The van der Waals surface area contributed by atoms with E-state index in [2.05, 4.69) is 26.1 Å². The first-order valence-electron chi connectivity index (χ1n) is 8.53. The molecule has 2 rings (SSSR count). The standard InChI is InChI=1S/C21H25ClN2O2/c1-14-10-11-16(12-18(14)22)23-20(26)13-24(15(2)25)19-9-7-6-8-17(19)21(3,4)5/h6-12H,13H2,1-5H3,(H,23,26). The number of anilines is 2. The molecule has 0 aliphatic heterocycles. The van der Waals surface area contributed by atoms with E-state index in [-0.39, 0.29) is 23.8 Å². The predicted octanol–water partition coefficient (Wildman–Crippen LogP) is 4.94. The van der Waals surface area contributed by atoms with E-state index in [9.17, 15) is 9.59 Å². The van der Waals surface area contributed by atoms with E-state index in [1.807, 2.05) is 37.3 Å². The van der Waals surface area contributed by atoms with Crippen LogP contribution < -0.4 is 10.2 Å². The van der Waals surface area contributed by atoms with Crippen LogP contribution in [0, 0.1) is 6.92 Å². The number of rotatable bonds is 4. The fourth-order valence-corrected chi connectivity index (χ4v) is 2.90. The molecule has 0 atom stereocenters. The molecule has 1 N–H and O–H groups in total. The molecule has 0 heterocycles. The number of aryl methyl sites for hydroxylation is 1. The molecule has 0 aliphatic rings. The minimum atomic E-state index is -0.274. The van der Waals surface area contributed by atoms with Crippen LogP contribution in [0.25, 0.3) is 0 Å². The summed E-state index contributed by atoms with van der Waals surface area (Å²) in [5.74, 6) is -0.456. The van der Waals surface area contributed by atoms with Crippen molar-refractivity contribution in [2.75, 3.05) is 16.8 Å². The quantitative estimate of drug-likeness (QED) is 0.826. The Bertz CT molecular complexity index is 825. The van der Waals surface area contributed by atoms with Gasteiger partial charge < -0.3 is 10.2 Å². The van der Waals surface area contributed by atoms with Gasteiger partial charge in [0.25, 0.3) is 0 Å². The smallest absolute Gasteiger partial charge is 0.244 e. The Hall–Kier alpha value is -2.33. The van der Waals surface area contributed by atoms with Crippen molar-refractivity contribution < 1.29 is 9.59 Å². The number of nitrogens with zero attached hydrogens (tertiary/aromatic N) is 1. The number of hydrogen-bond donors (Lipinski definition) is 1. The van der Waals surface area contributed by atoms with Gasteiger partial charge in [0.2, 0.25) is 11.8 Å². The number of carbonyl (C=O) groups excluding carboxylic acids is 2. The Kier molecular flexibility index (Phi) is 6.09. The molecule has 2 aromatic carbocycles. The molecule has 0 spiro atoms. The van der Waals surface area contributed by atoms with Crippen LogP contribution in [0.5, 0.6) is 0 Å². The zero-order valence-corrected chi connectivity index (χ0v) is 16.6. The molecule has 0 unspecified atom stereocenters. The fourth-order valence-electron chi connectivity index (χ4n) is 2.72. The van der Waals surface area contributed by atoms with Crippen LogP contribution in [0.1, 0.15) is 38.8 Å². The summed E-state index contributed by atoms with van der Waals surface area (Å²) in [6, 6.07) is 13.0. The molecule has 138 valence electrons. The Morgan fingerprint density at radius 1 is 1.12 bits per heavy atom. The summed E-state index contributed by atoms with van der Waals surface area (Å²) in [7, 11) is 0. The zero-order chi connectivity index (χ0) is 19.5. The second-order valence-corrected chi connectivity index (χ2v) is 7.79. The van der Waals surface area contributed by atoms with Crippen LogP contribution in [-0.2, 0) is 15.0 Å². The van der Waals surface area contributed by atoms with Crippen molar-refractivity contribution in [2.24, 2.45) is 0 Å². The van der Waals surface area contributed by atoms with Crippen LogP contribution in [0.2, 0.25) is 5.02 Å². The van der Waals surface area contributed by atoms with E-state index in [0.717, 1.165) is 16.8 Å². The Morgan fingerprint density at radius 3 is 2.35 bits per heavy atom. The highest BCUT2D eigenvalue weighted by Gasteiger charge is 2.24. The monoisotopic (exact) mass is 372 g/mol. The molecule has 5 heteroatoms. The van der Waals surface area contributed by atoms with Gasteiger partial charge >= 0.3 is 0 Å². The Morgan fingerprint density at radius 2 is 1.77 bits per heavy atom. The number of nitrogens with one attached hydrogen (secondary N) is 1. The van der Waals surface area contributed by atoms with Gasteiger partial charge in [-0.25, -0.2) is 0 Å². The second kappa shape index (κ2) is 7.92. The molecule has 2 aromatic rings. The summed E-state index contributed by atoms with van der Waals surface area (Å²) >= 11 is 6.10. The molecular formula is C21H25ClN2O2. The highest BCUT2D eigenvalue weighted by Crippen LogP contribution is 2.32. The summed E-state index contributed by atoms with van der Waals surface area (Å²) in [6.45, 7) is 9.55. The molecule has 0 radical (unpaired) electrons. The average Bonchev–Trinajstić information content (AvgIpc) is 2.55. The maximum atomic E-state index is 12.5. The minimum Gasteiger partial charge on any atom is -0.324 e. The summed E-state index contributed by atoms with van der Waals surface area (Å²) in [4.78, 5) is 26.3. The SMILES string of the molecule is CC(=O)N(CC(=O)Nc1ccc(C)c(Cl)c1)c1ccccc1C(C)(C)C. The predicted molar refractivity (Wildman–Crippen MR) is 108 cm³/mol. The largest absolute Gasteiger partial charge is 0.324 e. The average molecular weight is 373 g/mol. The van der Waals surface area contributed by atoms with Gasteiger partial charge in [-0.2, -0.15) is 0 Å². The third-order valence-electron chi connectivity index (χ3n) is 4.14. The van der Waals surface area contributed by atoms with E-state index in [4.69, 9.17) is 11.6 Å². The first-order valence-corrected chi connectivity index (χ1v) is 8.91. The number of amides is 2. The van der Waals surface area contributed by atoms with E-state index in [1.54, 1.807) is 12.1 Å². The van der Waals surface area contributed by atoms with E-state index in [0.29, 0.717) is 10.7 Å². The van der Waals surface area contributed by atoms with Gasteiger partial charge in [-0.15, -0.1) is 0 Å². The van der Waals surface area contributed by atoms with Crippen molar-refractivity contribution >= 4 is 34.8 Å². The van der Waals surface area contributed by atoms with Crippen LogP contribution in [0.3, 0.4) is 0 Å². The highest BCUT2D eigenvalue weighted by atomic mass is 35.5. The molecule has 26 heavy (non-hydrogen) atoms. The molecule has 4 nitrogen and oxygen atoms in total. The van der Waals surface area contributed by atoms with Crippen molar-refractivity contribution in [3.8, 4) is 0 Å². The highest BCUT2D eigenvalue weighted by molar-refractivity contribution is 6.31. The van der Waals surface area contributed by atoms with Crippen molar-refractivity contribution in [2.45, 2.75) is 40.0 Å². The number of benzene rings is 2. The third kappa shape index (κ3) is 4.85. The lowest BCUT2D eigenvalue weighted by molar-refractivity contribution is -0.120. The minimum absolute atomic E-state index is 0.0616. The molecule has 0 aromatic heterocycles. The third-order valence-corrected chi connectivity index (χ3v) is 4.55. The second-order valence-electron chi connectivity index (χ2n) is 7.38. The maximum absolute atomic E-state index is 12.5. The zero-order valence-electron chi connectivity index (χ0n) is 15.9. The van der Waals surface area contributed by atoms with Gasteiger partial charge in [0.1, 0.15) is 6.54 Å². The lowest BCUT2D eigenvalue weighted by Gasteiger charge is -2.29. The van der Waals surface area contributed by atoms with E-state index in [1.165, 1.54) is 11.8 Å².